The first kappa shape index (κ1) is 56.4. The second-order valence-electron chi connectivity index (χ2n) is 16.9. The molecule has 0 aliphatic carbocycles. The molecule has 0 bridgehead atoms. The number of thiophene rings is 4. The normalized spacial score (nSPS) is 13.7. The van der Waals surface area contributed by atoms with E-state index in [1.165, 1.54) is 29.5 Å². The summed E-state index contributed by atoms with van der Waals surface area (Å²) in [7, 11) is -19.1. The first-order chi connectivity index (χ1) is 33.1. The van der Waals surface area contributed by atoms with Crippen molar-refractivity contribution in [3.63, 3.8) is 0 Å². The van der Waals surface area contributed by atoms with Gasteiger partial charge in [-0.3, -0.25) is 0 Å². The van der Waals surface area contributed by atoms with Crippen molar-refractivity contribution in [1.29, 1.82) is 0 Å². The van der Waals surface area contributed by atoms with Gasteiger partial charge in [0.1, 0.15) is 0 Å². The van der Waals surface area contributed by atoms with E-state index in [4.69, 9.17) is 0 Å². The molecule has 378 valence electrons. The summed E-state index contributed by atoms with van der Waals surface area (Å²) in [6, 6.07) is 45.8. The Morgan fingerprint density at radius 1 is 0.352 bits per heavy atom. The molecule has 0 fully saturated rings. The molecule has 71 heavy (non-hydrogen) atoms. The van der Waals surface area contributed by atoms with Gasteiger partial charge in [-0.05, 0) is 0 Å². The maximum atomic E-state index is 10.2. The van der Waals surface area contributed by atoms with E-state index in [1.54, 1.807) is 128 Å². The quantitative estimate of drug-likeness (QED) is 0.0625. The van der Waals surface area contributed by atoms with Gasteiger partial charge >= 0.3 is 432 Å². The van der Waals surface area contributed by atoms with Crippen LogP contribution in [0, 0.1) is 34.6 Å². The van der Waals surface area contributed by atoms with Crippen molar-refractivity contribution in [2.45, 2.75) is 34.6 Å². The molecule has 0 aliphatic heterocycles. The summed E-state index contributed by atoms with van der Waals surface area (Å²) in [6.45, 7) is 9.26. The van der Waals surface area contributed by atoms with Crippen molar-refractivity contribution in [1.82, 2.24) is 0 Å². The molecular weight excluding hydrogens is 1060 g/mol. The summed E-state index contributed by atoms with van der Waals surface area (Å²) in [5.41, 5.74) is 7.77. The molecule has 0 saturated heterocycles. The fraction of sp³-hybridized carbons (Fsp3) is 0.0980. The van der Waals surface area contributed by atoms with Crippen molar-refractivity contribution < 1.29 is 58.7 Å². The number of benzene rings is 5. The second kappa shape index (κ2) is 21.5. The molecule has 9 aromatic rings. The van der Waals surface area contributed by atoms with Gasteiger partial charge in [0.05, 0.1) is 0 Å². The Morgan fingerprint density at radius 2 is 0.662 bits per heavy atom. The van der Waals surface area contributed by atoms with Crippen molar-refractivity contribution in [2.24, 2.45) is 0 Å². The minimum absolute atomic E-state index is 0.205. The Bertz CT molecular complexity index is 2940. The molecule has 4 aromatic heterocycles. The predicted molar refractivity (Wildman–Crippen MR) is 304 cm³/mol. The van der Waals surface area contributed by atoms with E-state index in [1.807, 2.05) is 67.8 Å². The molecule has 0 aliphatic rings. The van der Waals surface area contributed by atoms with Gasteiger partial charge in [0.25, 0.3) is 0 Å². The number of hydrogen-bond donors (Lipinski definition) is 12. The van der Waals surface area contributed by atoms with Crippen LogP contribution in [0.2, 0.25) is 0 Å². The zero-order valence-electron chi connectivity index (χ0n) is 39.2. The van der Waals surface area contributed by atoms with Gasteiger partial charge in [-0.15, -0.1) is 0 Å². The first-order valence-electron chi connectivity index (χ1n) is 21.6. The standard InChI is InChI=1S/C18H19O3PS.3C11H13O3PS/c1-12-3-7-14(8-4-12)16-11-23-18(22(19,20)21)17(16)15-9-5-13(2)6-10-15;3*1-9-5-2-3-6-10(9)15(12,13,14)11-7-4-8-16-11/h3-11,19-22H,1-2H3;3*2-8,12-14H,1H3. The first-order valence-corrected chi connectivity index (χ1v) is 33.2. The van der Waals surface area contributed by atoms with E-state index in [0.717, 1.165) is 61.8 Å². The average Bonchev–Trinajstić information content (AvgIpc) is 4.16. The SMILES string of the molecule is Cc1ccc(-c2csc([PH](O)(O)O)c2-c2ccc(C)cc2)cc1.Cc1ccccc1P(O)(O)(O)c1cccs1.Cc1ccccc1P(O)(O)(O)c1cccs1.Cc1ccccc1P(O)(O)(O)c1cccs1. The molecule has 0 spiro atoms. The Kier molecular flexibility index (Phi) is 17.1. The Balaban J connectivity index is 0.000000157. The number of rotatable bonds is 9. The van der Waals surface area contributed by atoms with Crippen LogP contribution in [0.3, 0.4) is 0 Å². The number of hydrogen-bond acceptors (Lipinski definition) is 16. The molecule has 0 unspecified atom stereocenters. The van der Waals surface area contributed by atoms with E-state index >= 15 is 0 Å². The Hall–Kier alpha value is -3.86. The monoisotopic (exact) mass is 1110 g/mol. The van der Waals surface area contributed by atoms with Crippen LogP contribution in [0.4, 0.5) is 0 Å². The van der Waals surface area contributed by atoms with Crippen molar-refractivity contribution in [3.8, 4) is 22.3 Å². The van der Waals surface area contributed by atoms with Gasteiger partial charge in [-0.1, -0.05) is 0 Å². The topological polar surface area (TPSA) is 243 Å². The number of aryl methyl sites for hydroxylation is 5. The van der Waals surface area contributed by atoms with Gasteiger partial charge < -0.3 is 0 Å². The van der Waals surface area contributed by atoms with E-state index in [-0.39, 0.29) is 34.4 Å². The van der Waals surface area contributed by atoms with Crippen LogP contribution in [0.25, 0.3) is 22.3 Å². The molecule has 0 saturated carbocycles. The fourth-order valence-electron chi connectivity index (χ4n) is 7.50. The summed E-state index contributed by atoms with van der Waals surface area (Å²) in [4.78, 5) is 122. The Labute approximate surface area is 429 Å². The van der Waals surface area contributed by atoms with Gasteiger partial charge in [0, 0.05) is 0 Å². The van der Waals surface area contributed by atoms with Crippen molar-refractivity contribution in [2.75, 3.05) is 0 Å². The Morgan fingerprint density at radius 3 is 0.944 bits per heavy atom. The van der Waals surface area contributed by atoms with Gasteiger partial charge in [-0.25, -0.2) is 0 Å². The van der Waals surface area contributed by atoms with E-state index in [0.29, 0.717) is 22.3 Å². The van der Waals surface area contributed by atoms with E-state index in [9.17, 15) is 58.7 Å². The molecular formula is C51H58O12P4S4. The molecule has 0 radical (unpaired) electrons. The molecule has 0 amide bonds. The van der Waals surface area contributed by atoms with Gasteiger partial charge in [0.2, 0.25) is 0 Å². The van der Waals surface area contributed by atoms with E-state index < -0.39 is 29.8 Å². The van der Waals surface area contributed by atoms with Crippen LogP contribution in [0.1, 0.15) is 27.8 Å². The van der Waals surface area contributed by atoms with Crippen molar-refractivity contribution in [3.05, 3.63) is 207 Å². The maximum absolute atomic E-state index is 10.2. The molecule has 9 rings (SSSR count). The van der Waals surface area contributed by atoms with Crippen LogP contribution in [0.5, 0.6) is 0 Å². The van der Waals surface area contributed by atoms with Crippen LogP contribution in [-0.4, -0.2) is 58.7 Å². The third-order valence-corrected chi connectivity index (χ3v) is 27.1. The summed E-state index contributed by atoms with van der Waals surface area (Å²) < 4.78 is 0.887. The van der Waals surface area contributed by atoms with Crippen LogP contribution in [0.15, 0.2) is 179 Å². The molecule has 12 nitrogen and oxygen atoms in total. The third-order valence-electron chi connectivity index (χ3n) is 11.2. The predicted octanol–water partition coefficient (Wildman–Crippen LogP) is 7.64. The summed E-state index contributed by atoms with van der Waals surface area (Å²) in [6.07, 6.45) is 0. The minimum atomic E-state index is -4.91. The zero-order valence-corrected chi connectivity index (χ0v) is 46.1. The molecule has 20 heteroatoms. The summed E-state index contributed by atoms with van der Waals surface area (Å²) in [5, 5.41) is 7.61. The molecule has 12 N–H and O–H groups in total. The van der Waals surface area contributed by atoms with Crippen molar-refractivity contribution >= 4 is 110 Å². The van der Waals surface area contributed by atoms with E-state index in [2.05, 4.69) is 0 Å². The third kappa shape index (κ3) is 12.9. The zero-order chi connectivity index (χ0) is 52.1. The van der Waals surface area contributed by atoms with Crippen LogP contribution < -0.4 is 34.4 Å². The molecule has 4 heterocycles. The van der Waals surface area contributed by atoms with Crippen LogP contribution >= 0.6 is 75.1 Å². The summed E-state index contributed by atoms with van der Waals surface area (Å²) >= 11 is 4.61. The van der Waals surface area contributed by atoms with Crippen LogP contribution in [-0.2, 0) is 0 Å². The fourth-order valence-corrected chi connectivity index (χ4v) is 19.9. The average molecular weight is 1120 g/mol. The molecule has 0 atom stereocenters. The summed E-state index contributed by atoms with van der Waals surface area (Å²) in [5.74, 6) is 0. The van der Waals surface area contributed by atoms with Gasteiger partial charge in [-0.2, -0.15) is 0 Å². The molecule has 5 aromatic carbocycles. The second-order valence-corrected chi connectivity index (χ2v) is 32.4. The van der Waals surface area contributed by atoms with Gasteiger partial charge in [0.15, 0.2) is 0 Å².